The molecule has 50 heavy (non-hydrogen) atoms. The lowest BCUT2D eigenvalue weighted by Gasteiger charge is -2.26. The predicted molar refractivity (Wildman–Crippen MR) is 206 cm³/mol. The van der Waals surface area contributed by atoms with E-state index in [1.54, 1.807) is 0 Å². The number of hydrogen-bond acceptors (Lipinski definition) is 3. The summed E-state index contributed by atoms with van der Waals surface area (Å²) in [6, 6.07) is 32.3. The van der Waals surface area contributed by atoms with Crippen molar-refractivity contribution in [1.29, 1.82) is 0 Å². The van der Waals surface area contributed by atoms with Crippen molar-refractivity contribution >= 4 is 43.6 Å². The molecule has 0 unspecified atom stereocenters. The zero-order chi connectivity index (χ0) is 33.0. The Balaban J connectivity index is 1.26. The van der Waals surface area contributed by atoms with Crippen molar-refractivity contribution in [2.45, 2.75) is 114 Å². The molecule has 5 nitrogen and oxygen atoms in total. The van der Waals surface area contributed by atoms with Gasteiger partial charge in [0.1, 0.15) is 11.6 Å². The van der Waals surface area contributed by atoms with E-state index in [0.29, 0.717) is 17.9 Å². The van der Waals surface area contributed by atoms with Gasteiger partial charge in [0.25, 0.3) is 0 Å². The van der Waals surface area contributed by atoms with Crippen LogP contribution >= 0.6 is 0 Å². The number of hydrogen-bond donors (Lipinski definition) is 0. The van der Waals surface area contributed by atoms with E-state index < -0.39 is 0 Å². The second kappa shape index (κ2) is 12.7. The van der Waals surface area contributed by atoms with Gasteiger partial charge < -0.3 is 4.57 Å². The highest BCUT2D eigenvalue weighted by molar-refractivity contribution is 6.25. The molecular formula is C45H47N5. The molecule has 0 amide bonds. The van der Waals surface area contributed by atoms with Crippen LogP contribution in [0.1, 0.15) is 126 Å². The fraction of sp³-hybridized carbons (Fsp3) is 0.400. The summed E-state index contributed by atoms with van der Waals surface area (Å²) in [5.41, 5.74) is 7.69. The number of para-hydroxylation sites is 1. The molecule has 10 rings (SSSR count). The normalized spacial score (nSPS) is 18.6. The van der Waals surface area contributed by atoms with Gasteiger partial charge in [0.2, 0.25) is 5.95 Å². The van der Waals surface area contributed by atoms with Crippen molar-refractivity contribution in [2.24, 2.45) is 0 Å². The van der Waals surface area contributed by atoms with Crippen molar-refractivity contribution in [3.8, 4) is 17.1 Å². The monoisotopic (exact) mass is 657 g/mol. The number of aromatic nitrogens is 5. The summed E-state index contributed by atoms with van der Waals surface area (Å²) < 4.78 is 5.15. The standard InChI is InChI=1S/C45H47N5/c1-5-15-30(16-6-1)33-25-26-35-36-27-28-39-41(42(36)49(40(35)29-33)34-21-11-4-12-22-34)37-23-13-14-24-38(37)50(39)45-47-43(31-17-7-2-8-18-31)46-44(48-45)32-19-9-3-10-20-32/h1,5-6,13-16,23-29,31-32,34H,2-4,7-12,17-22H2. The van der Waals surface area contributed by atoms with Gasteiger partial charge in [-0.05, 0) is 67.9 Å². The predicted octanol–water partition coefficient (Wildman–Crippen LogP) is 12.3. The maximum absolute atomic E-state index is 5.41. The third kappa shape index (κ3) is 5.07. The van der Waals surface area contributed by atoms with E-state index >= 15 is 0 Å². The molecule has 252 valence electrons. The molecule has 0 spiro atoms. The molecule has 0 saturated heterocycles. The summed E-state index contributed by atoms with van der Waals surface area (Å²) in [6.07, 6.45) is 18.9. The third-order valence-electron chi connectivity index (χ3n) is 12.4. The first-order valence-electron chi connectivity index (χ1n) is 19.6. The summed E-state index contributed by atoms with van der Waals surface area (Å²) in [4.78, 5) is 16.1. The first-order valence-corrected chi connectivity index (χ1v) is 19.6. The highest BCUT2D eigenvalue weighted by atomic mass is 15.2. The molecular weight excluding hydrogens is 611 g/mol. The van der Waals surface area contributed by atoms with Crippen LogP contribution in [0, 0.1) is 0 Å². The molecule has 3 aliphatic carbocycles. The van der Waals surface area contributed by atoms with E-state index in [2.05, 4.69) is 94.1 Å². The summed E-state index contributed by atoms with van der Waals surface area (Å²) in [6.45, 7) is 0. The maximum Gasteiger partial charge on any atom is 0.238 e. The molecule has 0 atom stereocenters. The van der Waals surface area contributed by atoms with Gasteiger partial charge in [-0.3, -0.25) is 4.57 Å². The molecule has 3 fully saturated rings. The average Bonchev–Trinajstić information content (AvgIpc) is 3.71. The van der Waals surface area contributed by atoms with Crippen LogP contribution < -0.4 is 0 Å². The molecule has 3 aliphatic rings. The lowest BCUT2D eigenvalue weighted by Crippen LogP contribution is -2.18. The largest absolute Gasteiger partial charge is 0.337 e. The second-order valence-corrected chi connectivity index (χ2v) is 15.5. The molecule has 3 aromatic heterocycles. The quantitative estimate of drug-likeness (QED) is 0.185. The Bertz CT molecular complexity index is 2290. The van der Waals surface area contributed by atoms with Crippen LogP contribution in [0.15, 0.2) is 84.9 Å². The Morgan fingerprint density at radius 3 is 1.78 bits per heavy atom. The maximum atomic E-state index is 5.41. The van der Waals surface area contributed by atoms with Crippen LogP contribution in [0.4, 0.5) is 0 Å². The Morgan fingerprint density at radius 1 is 0.460 bits per heavy atom. The first-order chi connectivity index (χ1) is 24.8. The van der Waals surface area contributed by atoms with Crippen LogP contribution in [0.25, 0.3) is 60.7 Å². The fourth-order valence-electron chi connectivity index (χ4n) is 9.92. The van der Waals surface area contributed by atoms with Gasteiger partial charge in [-0.2, -0.15) is 9.97 Å². The lowest BCUT2D eigenvalue weighted by atomic mass is 9.87. The van der Waals surface area contributed by atoms with Crippen LogP contribution in [-0.2, 0) is 0 Å². The molecule has 4 aromatic carbocycles. The Labute approximate surface area is 294 Å². The van der Waals surface area contributed by atoms with Gasteiger partial charge in [0.15, 0.2) is 0 Å². The van der Waals surface area contributed by atoms with E-state index in [-0.39, 0.29) is 0 Å². The van der Waals surface area contributed by atoms with Crippen molar-refractivity contribution in [1.82, 2.24) is 24.1 Å². The Hall–Kier alpha value is -4.51. The van der Waals surface area contributed by atoms with Gasteiger partial charge >= 0.3 is 0 Å². The fourth-order valence-corrected chi connectivity index (χ4v) is 9.92. The molecule has 0 radical (unpaired) electrons. The Morgan fingerprint density at radius 2 is 1.08 bits per heavy atom. The average molecular weight is 658 g/mol. The zero-order valence-electron chi connectivity index (χ0n) is 29.2. The number of benzene rings is 4. The van der Waals surface area contributed by atoms with E-state index in [4.69, 9.17) is 15.0 Å². The number of nitrogens with zero attached hydrogens (tertiary/aromatic N) is 5. The van der Waals surface area contributed by atoms with Gasteiger partial charge in [0, 0.05) is 44.9 Å². The highest BCUT2D eigenvalue weighted by Gasteiger charge is 2.28. The smallest absolute Gasteiger partial charge is 0.238 e. The molecule has 7 aromatic rings. The minimum atomic E-state index is 0.431. The molecule has 0 aliphatic heterocycles. The van der Waals surface area contributed by atoms with Gasteiger partial charge in [-0.1, -0.05) is 125 Å². The molecule has 5 heteroatoms. The lowest BCUT2D eigenvalue weighted by molar-refractivity contribution is 0.368. The molecule has 0 bridgehead atoms. The van der Waals surface area contributed by atoms with Crippen molar-refractivity contribution in [2.75, 3.05) is 0 Å². The van der Waals surface area contributed by atoms with Crippen molar-refractivity contribution < 1.29 is 0 Å². The van der Waals surface area contributed by atoms with Crippen LogP contribution in [-0.4, -0.2) is 24.1 Å². The first kappa shape index (κ1) is 30.3. The van der Waals surface area contributed by atoms with E-state index in [1.807, 2.05) is 0 Å². The summed E-state index contributed by atoms with van der Waals surface area (Å²) in [5, 5.41) is 5.32. The van der Waals surface area contributed by atoms with Crippen molar-refractivity contribution in [3.63, 3.8) is 0 Å². The topological polar surface area (TPSA) is 48.5 Å². The summed E-state index contributed by atoms with van der Waals surface area (Å²) in [7, 11) is 0. The zero-order valence-corrected chi connectivity index (χ0v) is 29.2. The van der Waals surface area contributed by atoms with E-state index in [1.165, 1.54) is 151 Å². The number of fused-ring (bicyclic) bond motifs is 7. The van der Waals surface area contributed by atoms with Gasteiger partial charge in [0.05, 0.1) is 16.6 Å². The second-order valence-electron chi connectivity index (χ2n) is 15.5. The SMILES string of the molecule is c1ccc(-c2ccc3c4ccc5c(c6ccccc6n5-c5nc(C6CCCCC6)nc(C6CCCCC6)n5)c4n(C4CCCCC4)c3c2)cc1. The van der Waals surface area contributed by atoms with Crippen LogP contribution in [0.2, 0.25) is 0 Å². The summed E-state index contributed by atoms with van der Waals surface area (Å²) >= 11 is 0. The van der Waals surface area contributed by atoms with E-state index in [0.717, 1.165) is 17.6 Å². The third-order valence-corrected chi connectivity index (χ3v) is 12.4. The van der Waals surface area contributed by atoms with Crippen LogP contribution in [0.5, 0.6) is 0 Å². The molecule has 3 saturated carbocycles. The van der Waals surface area contributed by atoms with E-state index in [9.17, 15) is 0 Å². The number of rotatable bonds is 5. The van der Waals surface area contributed by atoms with Gasteiger partial charge in [-0.25, -0.2) is 4.98 Å². The molecule has 0 N–H and O–H groups in total. The van der Waals surface area contributed by atoms with Gasteiger partial charge in [-0.15, -0.1) is 0 Å². The Kier molecular flexibility index (Phi) is 7.69. The van der Waals surface area contributed by atoms with Crippen molar-refractivity contribution in [3.05, 3.63) is 96.6 Å². The summed E-state index contributed by atoms with van der Waals surface area (Å²) in [5.74, 6) is 3.75. The van der Waals surface area contributed by atoms with Crippen LogP contribution in [0.3, 0.4) is 0 Å². The highest BCUT2D eigenvalue weighted by Crippen LogP contribution is 2.45. The minimum Gasteiger partial charge on any atom is -0.337 e. The minimum absolute atomic E-state index is 0.431. The molecule has 3 heterocycles.